The molecule has 0 saturated carbocycles. The Bertz CT molecular complexity index is 468. The third-order valence-corrected chi connectivity index (χ3v) is 4.15. The largest absolute Gasteiger partial charge is 0.394 e. The molecule has 19 heavy (non-hydrogen) atoms. The van der Waals surface area contributed by atoms with Gasteiger partial charge in [-0.05, 0) is 33.1 Å². The van der Waals surface area contributed by atoms with Gasteiger partial charge in [0, 0.05) is 24.8 Å². The van der Waals surface area contributed by atoms with Crippen molar-refractivity contribution < 1.29 is 9.90 Å². The van der Waals surface area contributed by atoms with Crippen molar-refractivity contribution in [3.63, 3.8) is 0 Å². The first-order chi connectivity index (χ1) is 9.04. The van der Waals surface area contributed by atoms with Crippen LogP contribution in [0.3, 0.4) is 0 Å². The van der Waals surface area contributed by atoms with Gasteiger partial charge in [-0.1, -0.05) is 0 Å². The minimum atomic E-state index is -0.00136. The Kier molecular flexibility index (Phi) is 4.24. The monoisotopic (exact) mass is 265 g/mol. The number of hydrogen-bond donors (Lipinski definition) is 1. The van der Waals surface area contributed by atoms with E-state index in [0.29, 0.717) is 6.42 Å². The van der Waals surface area contributed by atoms with Crippen LogP contribution in [0, 0.1) is 13.8 Å². The molecule has 106 valence electrons. The van der Waals surface area contributed by atoms with E-state index in [2.05, 4.69) is 5.10 Å². The summed E-state index contributed by atoms with van der Waals surface area (Å²) in [6.45, 7) is 4.76. The summed E-state index contributed by atoms with van der Waals surface area (Å²) < 4.78 is 1.82. The number of aliphatic hydroxyl groups excluding tert-OH is 1. The van der Waals surface area contributed by atoms with E-state index in [1.807, 2.05) is 30.5 Å². The molecule has 0 radical (unpaired) electrons. The van der Waals surface area contributed by atoms with Crippen LogP contribution in [0.1, 0.15) is 36.2 Å². The minimum Gasteiger partial charge on any atom is -0.394 e. The zero-order valence-electron chi connectivity index (χ0n) is 12.0. The highest BCUT2D eigenvalue weighted by Crippen LogP contribution is 2.20. The van der Waals surface area contributed by atoms with E-state index in [0.717, 1.165) is 42.8 Å². The summed E-state index contributed by atoms with van der Waals surface area (Å²) in [5.41, 5.74) is 2.99. The lowest BCUT2D eigenvalue weighted by atomic mass is 10.0. The van der Waals surface area contributed by atoms with E-state index in [1.54, 1.807) is 0 Å². The van der Waals surface area contributed by atoms with Gasteiger partial charge in [0.1, 0.15) is 0 Å². The zero-order valence-corrected chi connectivity index (χ0v) is 12.0. The van der Waals surface area contributed by atoms with Crippen LogP contribution in [0.4, 0.5) is 0 Å². The second-order valence-electron chi connectivity index (χ2n) is 5.37. The first-order valence-corrected chi connectivity index (χ1v) is 6.94. The van der Waals surface area contributed by atoms with Crippen molar-refractivity contribution in [2.45, 2.75) is 45.6 Å². The van der Waals surface area contributed by atoms with E-state index < -0.39 is 0 Å². The second-order valence-corrected chi connectivity index (χ2v) is 5.37. The number of rotatable bonds is 3. The van der Waals surface area contributed by atoms with Gasteiger partial charge in [0.2, 0.25) is 5.91 Å². The topological polar surface area (TPSA) is 58.4 Å². The molecular formula is C14H23N3O2. The smallest absolute Gasteiger partial charge is 0.227 e. The van der Waals surface area contributed by atoms with Gasteiger partial charge in [0.25, 0.3) is 0 Å². The van der Waals surface area contributed by atoms with Crippen molar-refractivity contribution in [3.8, 4) is 0 Å². The Morgan fingerprint density at radius 1 is 1.42 bits per heavy atom. The van der Waals surface area contributed by atoms with Gasteiger partial charge in [-0.3, -0.25) is 9.48 Å². The zero-order chi connectivity index (χ0) is 14.0. The Labute approximate surface area is 114 Å². The highest BCUT2D eigenvalue weighted by molar-refractivity contribution is 5.79. The maximum atomic E-state index is 12.4. The predicted molar refractivity (Wildman–Crippen MR) is 72.8 cm³/mol. The van der Waals surface area contributed by atoms with Crippen LogP contribution in [0.2, 0.25) is 0 Å². The normalized spacial score (nSPS) is 19.8. The van der Waals surface area contributed by atoms with Crippen molar-refractivity contribution >= 4 is 5.91 Å². The van der Waals surface area contributed by atoms with Crippen LogP contribution >= 0.6 is 0 Å². The molecule has 0 spiro atoms. The van der Waals surface area contributed by atoms with Crippen LogP contribution in [0.5, 0.6) is 0 Å². The standard InChI is InChI=1S/C14H23N3O2/c1-10-13(11(2)16(3)15-10)8-14(19)17-7-5-4-6-12(17)9-18/h12,18H,4-9H2,1-3H3. The Hall–Kier alpha value is -1.36. The molecule has 5 nitrogen and oxygen atoms in total. The van der Waals surface area contributed by atoms with Crippen LogP contribution in [0.15, 0.2) is 0 Å². The van der Waals surface area contributed by atoms with Gasteiger partial charge in [0.15, 0.2) is 0 Å². The molecule has 1 aliphatic rings. The lowest BCUT2D eigenvalue weighted by Crippen LogP contribution is -2.46. The Morgan fingerprint density at radius 2 is 2.16 bits per heavy atom. The van der Waals surface area contributed by atoms with Gasteiger partial charge in [-0.15, -0.1) is 0 Å². The number of aromatic nitrogens is 2. The molecule has 2 heterocycles. The number of hydrogen-bond acceptors (Lipinski definition) is 3. The van der Waals surface area contributed by atoms with E-state index >= 15 is 0 Å². The number of aryl methyl sites for hydroxylation is 2. The van der Waals surface area contributed by atoms with Crippen molar-refractivity contribution in [2.24, 2.45) is 7.05 Å². The molecule has 0 aliphatic carbocycles. The quantitative estimate of drug-likeness (QED) is 0.885. The van der Waals surface area contributed by atoms with Crippen LogP contribution in [0.25, 0.3) is 0 Å². The molecular weight excluding hydrogens is 242 g/mol. The first kappa shape index (κ1) is 14.1. The fourth-order valence-electron chi connectivity index (χ4n) is 2.84. The summed E-state index contributed by atoms with van der Waals surface area (Å²) >= 11 is 0. The van der Waals surface area contributed by atoms with E-state index in [9.17, 15) is 9.90 Å². The summed E-state index contributed by atoms with van der Waals surface area (Å²) in [5, 5.41) is 13.7. The number of piperidine rings is 1. The number of nitrogens with zero attached hydrogens (tertiary/aromatic N) is 3. The summed E-state index contributed by atoms with van der Waals surface area (Å²) in [4.78, 5) is 14.3. The maximum Gasteiger partial charge on any atom is 0.227 e. The minimum absolute atomic E-state index is 0.00136. The Morgan fingerprint density at radius 3 is 2.74 bits per heavy atom. The molecule has 5 heteroatoms. The van der Waals surface area contributed by atoms with Gasteiger partial charge in [-0.2, -0.15) is 5.10 Å². The van der Waals surface area contributed by atoms with Crippen molar-refractivity contribution in [1.82, 2.24) is 14.7 Å². The van der Waals surface area contributed by atoms with Gasteiger partial charge in [-0.25, -0.2) is 0 Å². The highest BCUT2D eigenvalue weighted by atomic mass is 16.3. The van der Waals surface area contributed by atoms with Gasteiger partial charge in [0.05, 0.1) is 24.8 Å². The molecule has 2 rings (SSSR count). The summed E-state index contributed by atoms with van der Waals surface area (Å²) in [7, 11) is 1.90. The number of carbonyl (C=O) groups excluding carboxylic acids is 1. The molecule has 1 aromatic rings. The number of aliphatic hydroxyl groups is 1. The van der Waals surface area contributed by atoms with E-state index in [-0.39, 0.29) is 18.6 Å². The molecule has 1 saturated heterocycles. The second kappa shape index (κ2) is 5.74. The van der Waals surface area contributed by atoms with E-state index in [1.165, 1.54) is 0 Å². The fraction of sp³-hybridized carbons (Fsp3) is 0.714. The van der Waals surface area contributed by atoms with Gasteiger partial charge < -0.3 is 10.0 Å². The number of likely N-dealkylation sites (tertiary alicyclic amines) is 1. The maximum absolute atomic E-state index is 12.4. The third-order valence-electron chi connectivity index (χ3n) is 4.15. The summed E-state index contributed by atoms with van der Waals surface area (Å²) in [6.07, 6.45) is 3.43. The molecule has 1 atom stereocenters. The van der Waals surface area contributed by atoms with Crippen molar-refractivity contribution in [2.75, 3.05) is 13.2 Å². The third kappa shape index (κ3) is 2.81. The van der Waals surface area contributed by atoms with Crippen molar-refractivity contribution in [1.29, 1.82) is 0 Å². The number of amides is 1. The average Bonchev–Trinajstić information content (AvgIpc) is 2.65. The fourth-order valence-corrected chi connectivity index (χ4v) is 2.84. The van der Waals surface area contributed by atoms with Crippen LogP contribution < -0.4 is 0 Å². The predicted octanol–water partition coefficient (Wildman–Crippen LogP) is 0.953. The lowest BCUT2D eigenvalue weighted by molar-refractivity contribution is -0.135. The summed E-state index contributed by atoms with van der Waals surface area (Å²) in [5.74, 6) is 0.109. The van der Waals surface area contributed by atoms with E-state index in [4.69, 9.17) is 0 Å². The molecule has 0 aromatic carbocycles. The number of carbonyl (C=O) groups is 1. The molecule has 1 aliphatic heterocycles. The first-order valence-electron chi connectivity index (χ1n) is 6.94. The SMILES string of the molecule is Cc1nn(C)c(C)c1CC(=O)N1CCCCC1CO. The van der Waals surface area contributed by atoms with Gasteiger partial charge >= 0.3 is 0 Å². The lowest BCUT2D eigenvalue weighted by Gasteiger charge is -2.34. The molecule has 1 aromatic heterocycles. The molecule has 0 bridgehead atoms. The molecule has 1 fully saturated rings. The highest BCUT2D eigenvalue weighted by Gasteiger charge is 2.27. The van der Waals surface area contributed by atoms with Crippen LogP contribution in [-0.2, 0) is 18.3 Å². The molecule has 1 amide bonds. The van der Waals surface area contributed by atoms with Crippen molar-refractivity contribution in [3.05, 3.63) is 17.0 Å². The van der Waals surface area contributed by atoms with Crippen LogP contribution in [-0.4, -0.2) is 44.9 Å². The Balaban J connectivity index is 2.11. The molecule has 1 unspecified atom stereocenters. The summed E-state index contributed by atoms with van der Waals surface area (Å²) in [6, 6.07) is -0.00136. The average molecular weight is 265 g/mol. The molecule has 1 N–H and O–H groups in total.